The molecule has 0 radical (unpaired) electrons. The fourth-order valence-electron chi connectivity index (χ4n) is 2.47. The quantitative estimate of drug-likeness (QED) is 0.436. The zero-order valence-corrected chi connectivity index (χ0v) is 15.1. The Hall–Kier alpha value is -3.47. The van der Waals surface area contributed by atoms with Crippen molar-refractivity contribution in [2.45, 2.75) is 13.3 Å². The fourth-order valence-corrected chi connectivity index (χ4v) is 2.47. The number of ether oxygens (including phenoxy) is 2. The van der Waals surface area contributed by atoms with Gasteiger partial charge in [0.2, 0.25) is 0 Å². The second-order valence-electron chi connectivity index (χ2n) is 6.00. The van der Waals surface area contributed by atoms with Crippen molar-refractivity contribution >= 4 is 23.0 Å². The lowest BCUT2D eigenvalue weighted by atomic mass is 10.1. The van der Waals surface area contributed by atoms with Gasteiger partial charge in [-0.25, -0.2) is 4.79 Å². The first-order valence-corrected chi connectivity index (χ1v) is 8.82. The lowest BCUT2D eigenvalue weighted by molar-refractivity contribution is 0.0505. The lowest BCUT2D eigenvalue weighted by Gasteiger charge is -2.12. The van der Waals surface area contributed by atoms with Gasteiger partial charge >= 0.3 is 5.97 Å². The molecule has 0 bridgehead atoms. The summed E-state index contributed by atoms with van der Waals surface area (Å²) in [6.45, 7) is 2.35. The molecule has 0 aliphatic rings. The van der Waals surface area contributed by atoms with Gasteiger partial charge in [-0.1, -0.05) is 25.1 Å². The first-order chi connectivity index (χ1) is 13.2. The summed E-state index contributed by atoms with van der Waals surface area (Å²) in [5.74, 6) is 1.17. The summed E-state index contributed by atoms with van der Waals surface area (Å²) in [6.07, 6.45) is 0.783. The van der Waals surface area contributed by atoms with Gasteiger partial charge in [0.05, 0.1) is 23.5 Å². The van der Waals surface area contributed by atoms with Crippen molar-refractivity contribution in [1.29, 1.82) is 0 Å². The van der Waals surface area contributed by atoms with Crippen LogP contribution in [0.5, 0.6) is 11.5 Å². The Morgan fingerprint density at radius 3 is 2.33 bits per heavy atom. The summed E-state index contributed by atoms with van der Waals surface area (Å²) >= 11 is 0. The molecule has 0 aliphatic heterocycles. The van der Waals surface area contributed by atoms with Crippen LogP contribution in [0.3, 0.4) is 0 Å². The predicted octanol–water partition coefficient (Wildman–Crippen LogP) is 5.37. The van der Waals surface area contributed by atoms with Crippen molar-refractivity contribution in [2.24, 2.45) is 0 Å². The third-order valence-corrected chi connectivity index (χ3v) is 3.84. The third-order valence-electron chi connectivity index (χ3n) is 3.84. The van der Waals surface area contributed by atoms with Crippen LogP contribution >= 0.6 is 0 Å². The van der Waals surface area contributed by atoms with Crippen molar-refractivity contribution in [3.63, 3.8) is 0 Å². The molecule has 0 saturated heterocycles. The van der Waals surface area contributed by atoms with E-state index in [0.717, 1.165) is 29.3 Å². The summed E-state index contributed by atoms with van der Waals surface area (Å²) in [5.41, 5.74) is 8.58. The molecule has 0 fully saturated rings. The van der Waals surface area contributed by atoms with Gasteiger partial charge in [-0.05, 0) is 61.0 Å². The number of carbonyl (C=O) groups excluding carboxylic acids is 1. The van der Waals surface area contributed by atoms with Gasteiger partial charge in [0, 0.05) is 5.69 Å². The number of benzene rings is 3. The van der Waals surface area contributed by atoms with Crippen molar-refractivity contribution in [3.05, 3.63) is 78.4 Å². The number of hydrogen-bond donors (Lipinski definition) is 2. The summed E-state index contributed by atoms with van der Waals surface area (Å²) in [5, 5.41) is 3.24. The average molecular weight is 362 g/mol. The number of nitrogen functional groups attached to an aromatic ring is 1. The Bertz CT molecular complexity index is 893. The number of anilines is 3. The van der Waals surface area contributed by atoms with E-state index in [1.165, 1.54) is 0 Å². The fraction of sp³-hybridized carbons (Fsp3) is 0.136. The average Bonchev–Trinajstić information content (AvgIpc) is 2.70. The summed E-state index contributed by atoms with van der Waals surface area (Å²) in [4.78, 5) is 11.9. The van der Waals surface area contributed by atoms with Crippen molar-refractivity contribution in [2.75, 3.05) is 17.7 Å². The molecule has 27 heavy (non-hydrogen) atoms. The summed E-state index contributed by atoms with van der Waals surface area (Å²) < 4.78 is 10.9. The highest BCUT2D eigenvalue weighted by atomic mass is 16.5. The number of hydrogen-bond acceptors (Lipinski definition) is 5. The standard InChI is InChI=1S/C22H22N2O3/c1-2-14-26-22(25)16-8-13-21(20(23)15-16)24-17-9-11-19(12-10-17)27-18-6-4-3-5-7-18/h3-13,15,24H,2,14,23H2,1H3. The maximum Gasteiger partial charge on any atom is 0.338 e. The monoisotopic (exact) mass is 362 g/mol. The second-order valence-corrected chi connectivity index (χ2v) is 6.00. The minimum atomic E-state index is -0.363. The molecule has 0 aliphatic carbocycles. The van der Waals surface area contributed by atoms with Crippen LogP contribution in [0.4, 0.5) is 17.1 Å². The third kappa shape index (κ3) is 5.01. The molecular weight excluding hydrogens is 340 g/mol. The van der Waals surface area contributed by atoms with Crippen LogP contribution in [0.2, 0.25) is 0 Å². The molecule has 5 heteroatoms. The molecule has 3 aromatic carbocycles. The maximum atomic E-state index is 11.9. The molecule has 0 aromatic heterocycles. The molecule has 5 nitrogen and oxygen atoms in total. The number of rotatable bonds is 7. The van der Waals surface area contributed by atoms with E-state index in [1.54, 1.807) is 18.2 Å². The van der Waals surface area contributed by atoms with Gasteiger partial charge < -0.3 is 20.5 Å². The van der Waals surface area contributed by atoms with E-state index in [4.69, 9.17) is 15.2 Å². The highest BCUT2D eigenvalue weighted by Crippen LogP contribution is 2.27. The first-order valence-electron chi connectivity index (χ1n) is 8.82. The number of carbonyl (C=O) groups is 1. The van der Waals surface area contributed by atoms with Crippen LogP contribution in [0.15, 0.2) is 72.8 Å². The number of para-hydroxylation sites is 1. The van der Waals surface area contributed by atoms with E-state index in [2.05, 4.69) is 5.32 Å². The normalized spacial score (nSPS) is 10.3. The number of esters is 1. The zero-order valence-electron chi connectivity index (χ0n) is 15.1. The topological polar surface area (TPSA) is 73.6 Å². The molecule has 138 valence electrons. The molecule has 0 saturated carbocycles. The smallest absolute Gasteiger partial charge is 0.338 e. The van der Waals surface area contributed by atoms with Crippen LogP contribution in [0, 0.1) is 0 Å². The molecule has 0 heterocycles. The molecule has 3 rings (SSSR count). The van der Waals surface area contributed by atoms with Crippen LogP contribution in [0.1, 0.15) is 23.7 Å². The maximum absolute atomic E-state index is 11.9. The van der Waals surface area contributed by atoms with Gasteiger partial charge in [-0.3, -0.25) is 0 Å². The van der Waals surface area contributed by atoms with Crippen LogP contribution in [0.25, 0.3) is 0 Å². The highest BCUT2D eigenvalue weighted by molar-refractivity contribution is 5.92. The van der Waals surface area contributed by atoms with E-state index in [-0.39, 0.29) is 5.97 Å². The second kappa shape index (κ2) is 8.76. The molecule has 0 unspecified atom stereocenters. The van der Waals surface area contributed by atoms with Gasteiger partial charge in [0.25, 0.3) is 0 Å². The van der Waals surface area contributed by atoms with E-state index >= 15 is 0 Å². The molecule has 3 N–H and O–H groups in total. The van der Waals surface area contributed by atoms with E-state index in [0.29, 0.717) is 17.9 Å². The summed E-state index contributed by atoms with van der Waals surface area (Å²) in [6, 6.07) is 22.2. The first kappa shape index (κ1) is 18.3. The van der Waals surface area contributed by atoms with E-state index in [1.807, 2.05) is 61.5 Å². The van der Waals surface area contributed by atoms with Gasteiger partial charge in [-0.2, -0.15) is 0 Å². The van der Waals surface area contributed by atoms with Crippen molar-refractivity contribution < 1.29 is 14.3 Å². The van der Waals surface area contributed by atoms with Gasteiger partial charge in [0.15, 0.2) is 0 Å². The SMILES string of the molecule is CCCOC(=O)c1ccc(Nc2ccc(Oc3ccccc3)cc2)c(N)c1. The van der Waals surface area contributed by atoms with Gasteiger partial charge in [0.1, 0.15) is 11.5 Å². The minimum Gasteiger partial charge on any atom is -0.462 e. The Morgan fingerprint density at radius 1 is 0.963 bits per heavy atom. The minimum absolute atomic E-state index is 0.363. The molecule has 0 atom stereocenters. The lowest BCUT2D eigenvalue weighted by Crippen LogP contribution is -2.07. The Kier molecular flexibility index (Phi) is 5.94. The van der Waals surface area contributed by atoms with Crippen molar-refractivity contribution in [3.8, 4) is 11.5 Å². The van der Waals surface area contributed by atoms with Gasteiger partial charge in [-0.15, -0.1) is 0 Å². The summed E-state index contributed by atoms with van der Waals surface area (Å²) in [7, 11) is 0. The Balaban J connectivity index is 1.65. The molecule has 0 spiro atoms. The van der Waals surface area contributed by atoms with E-state index in [9.17, 15) is 4.79 Å². The van der Waals surface area contributed by atoms with Crippen molar-refractivity contribution in [1.82, 2.24) is 0 Å². The van der Waals surface area contributed by atoms with Crippen LogP contribution in [-0.4, -0.2) is 12.6 Å². The number of nitrogens with one attached hydrogen (secondary N) is 1. The Labute approximate surface area is 158 Å². The molecular formula is C22H22N2O3. The van der Waals surface area contributed by atoms with Crippen LogP contribution < -0.4 is 15.8 Å². The zero-order chi connectivity index (χ0) is 19.1. The molecule has 3 aromatic rings. The highest BCUT2D eigenvalue weighted by Gasteiger charge is 2.09. The number of nitrogens with two attached hydrogens (primary N) is 1. The Morgan fingerprint density at radius 2 is 1.67 bits per heavy atom. The van der Waals surface area contributed by atoms with Crippen LogP contribution in [-0.2, 0) is 4.74 Å². The predicted molar refractivity (Wildman–Crippen MR) is 108 cm³/mol. The largest absolute Gasteiger partial charge is 0.462 e. The molecule has 0 amide bonds. The van der Waals surface area contributed by atoms with E-state index < -0.39 is 0 Å².